The number of ether oxygens (including phenoxy) is 2. The molecule has 0 aliphatic carbocycles. The Balaban J connectivity index is 0.000000355. The monoisotopic (exact) mass is 338 g/mol. The van der Waals surface area contributed by atoms with Crippen LogP contribution >= 0.6 is 0 Å². The predicted octanol–water partition coefficient (Wildman–Crippen LogP) is 3.06. The Bertz CT molecular complexity index is 422. The van der Waals surface area contributed by atoms with Gasteiger partial charge in [-0.2, -0.15) is 0 Å². The Hall–Kier alpha value is -1.17. The summed E-state index contributed by atoms with van der Waals surface area (Å²) >= 11 is 0. The zero-order chi connectivity index (χ0) is 17.0. The molecule has 1 aromatic carbocycles. The van der Waals surface area contributed by atoms with Gasteiger partial charge in [0.15, 0.2) is 0 Å². The van der Waals surface area contributed by atoms with Crippen LogP contribution in [0.15, 0.2) is 24.3 Å². The van der Waals surface area contributed by atoms with Crippen LogP contribution < -0.4 is 10.5 Å². The number of rotatable bonds is 6. The minimum Gasteiger partial charge on any atom is -0.494 e. The molecule has 0 atom stereocenters. The molecule has 3 rings (SSSR count). The Morgan fingerprint density at radius 3 is 2.33 bits per heavy atom. The summed E-state index contributed by atoms with van der Waals surface area (Å²) in [7, 11) is 0. The van der Waals surface area contributed by atoms with E-state index in [2.05, 4.69) is 4.90 Å². The van der Waals surface area contributed by atoms with E-state index in [1.54, 1.807) is 12.1 Å². The van der Waals surface area contributed by atoms with Gasteiger partial charge in [0.2, 0.25) is 0 Å². The van der Waals surface area contributed by atoms with Gasteiger partial charge >= 0.3 is 0 Å². The van der Waals surface area contributed by atoms with Gasteiger partial charge in [-0.3, -0.25) is 0 Å². The normalized spacial score (nSPS) is 18.9. The lowest BCUT2D eigenvalue weighted by Gasteiger charge is -2.31. The predicted molar refractivity (Wildman–Crippen MR) is 94.8 cm³/mol. The first-order valence-electron chi connectivity index (χ1n) is 9.16. The van der Waals surface area contributed by atoms with Gasteiger partial charge in [-0.25, -0.2) is 4.39 Å². The van der Waals surface area contributed by atoms with Crippen molar-refractivity contribution in [1.29, 1.82) is 0 Å². The number of nitrogens with two attached hydrogens (primary N) is 1. The maximum atomic E-state index is 12.7. The van der Waals surface area contributed by atoms with Gasteiger partial charge in [-0.1, -0.05) is 0 Å². The number of hydrogen-bond acceptors (Lipinski definition) is 4. The van der Waals surface area contributed by atoms with E-state index in [-0.39, 0.29) is 5.82 Å². The Morgan fingerprint density at radius 1 is 1.12 bits per heavy atom. The number of likely N-dealkylation sites (tertiary alicyclic amines) is 1. The summed E-state index contributed by atoms with van der Waals surface area (Å²) in [5.41, 5.74) is 5.56. The van der Waals surface area contributed by atoms with Crippen molar-refractivity contribution in [3.63, 3.8) is 0 Å². The van der Waals surface area contributed by atoms with E-state index in [0.717, 1.165) is 57.5 Å². The molecular formula is C19H31FN2O2. The molecule has 2 saturated heterocycles. The van der Waals surface area contributed by atoms with Crippen molar-refractivity contribution >= 4 is 0 Å². The fourth-order valence-electron chi connectivity index (χ4n) is 3.07. The summed E-state index contributed by atoms with van der Waals surface area (Å²) in [4.78, 5) is 2.43. The number of halogens is 1. The van der Waals surface area contributed by atoms with E-state index >= 15 is 0 Å². The lowest BCUT2D eigenvalue weighted by molar-refractivity contribution is 0.166. The zero-order valence-electron chi connectivity index (χ0n) is 14.6. The van der Waals surface area contributed by atoms with Crippen molar-refractivity contribution in [2.75, 3.05) is 46.0 Å². The van der Waals surface area contributed by atoms with E-state index in [9.17, 15) is 4.39 Å². The van der Waals surface area contributed by atoms with Crippen molar-refractivity contribution < 1.29 is 13.9 Å². The SMILES string of the molecule is C1CCOC1.NCCN1CCC(CCOc2ccc(F)cc2)CC1. The first kappa shape index (κ1) is 19.2. The Kier molecular flexibility index (Phi) is 9.10. The average molecular weight is 338 g/mol. The summed E-state index contributed by atoms with van der Waals surface area (Å²) in [6.07, 6.45) is 6.09. The smallest absolute Gasteiger partial charge is 0.123 e. The van der Waals surface area contributed by atoms with Crippen LogP contribution in [0.2, 0.25) is 0 Å². The molecule has 2 aliphatic heterocycles. The molecule has 0 saturated carbocycles. The van der Waals surface area contributed by atoms with Crippen molar-refractivity contribution in [2.45, 2.75) is 32.1 Å². The van der Waals surface area contributed by atoms with Crippen LogP contribution in [-0.2, 0) is 4.74 Å². The first-order chi connectivity index (χ1) is 11.8. The standard InChI is InChI=1S/C15H23FN2O.C4H8O/c16-14-1-3-15(4-2-14)19-12-7-13-5-9-18(10-6-13)11-8-17;1-2-4-5-3-1/h1-4,13H,5-12,17H2;1-4H2. The van der Waals surface area contributed by atoms with Crippen LogP contribution in [0.4, 0.5) is 4.39 Å². The summed E-state index contributed by atoms with van der Waals surface area (Å²) in [6, 6.07) is 6.22. The van der Waals surface area contributed by atoms with Gasteiger partial charge < -0.3 is 20.1 Å². The van der Waals surface area contributed by atoms with Gasteiger partial charge in [-0.15, -0.1) is 0 Å². The molecule has 1 aromatic rings. The van der Waals surface area contributed by atoms with Crippen molar-refractivity contribution in [1.82, 2.24) is 4.90 Å². The summed E-state index contributed by atoms with van der Waals surface area (Å²) in [6.45, 7) is 6.78. The fraction of sp³-hybridized carbons (Fsp3) is 0.684. The maximum absolute atomic E-state index is 12.7. The summed E-state index contributed by atoms with van der Waals surface area (Å²) in [5.74, 6) is 1.27. The second-order valence-corrected chi connectivity index (χ2v) is 6.48. The minimum absolute atomic E-state index is 0.223. The molecule has 0 bridgehead atoms. The van der Waals surface area contributed by atoms with Crippen LogP contribution in [0, 0.1) is 11.7 Å². The molecule has 2 fully saturated rings. The molecule has 136 valence electrons. The van der Waals surface area contributed by atoms with Gasteiger partial charge in [0.1, 0.15) is 11.6 Å². The zero-order valence-corrected chi connectivity index (χ0v) is 14.6. The third-order valence-electron chi connectivity index (χ3n) is 4.59. The fourth-order valence-corrected chi connectivity index (χ4v) is 3.07. The van der Waals surface area contributed by atoms with E-state index in [1.165, 1.54) is 37.8 Å². The molecule has 2 N–H and O–H groups in total. The van der Waals surface area contributed by atoms with Crippen LogP contribution in [-0.4, -0.2) is 50.9 Å². The quantitative estimate of drug-likeness (QED) is 0.866. The lowest BCUT2D eigenvalue weighted by Crippen LogP contribution is -2.37. The van der Waals surface area contributed by atoms with E-state index < -0.39 is 0 Å². The van der Waals surface area contributed by atoms with Gasteiger partial charge in [0.25, 0.3) is 0 Å². The molecule has 24 heavy (non-hydrogen) atoms. The first-order valence-corrected chi connectivity index (χ1v) is 9.16. The van der Waals surface area contributed by atoms with Gasteiger partial charge in [0, 0.05) is 26.3 Å². The van der Waals surface area contributed by atoms with E-state index in [1.807, 2.05) is 0 Å². The lowest BCUT2D eigenvalue weighted by atomic mass is 9.94. The molecule has 0 radical (unpaired) electrons. The molecule has 0 amide bonds. The van der Waals surface area contributed by atoms with Crippen LogP contribution in [0.5, 0.6) is 5.75 Å². The van der Waals surface area contributed by atoms with E-state index in [0.29, 0.717) is 6.61 Å². The highest BCUT2D eigenvalue weighted by Gasteiger charge is 2.18. The molecule has 2 heterocycles. The summed E-state index contributed by atoms with van der Waals surface area (Å²) in [5, 5.41) is 0. The number of hydrogen-bond donors (Lipinski definition) is 1. The van der Waals surface area contributed by atoms with Crippen molar-refractivity contribution in [3.8, 4) is 5.75 Å². The number of nitrogens with zero attached hydrogens (tertiary/aromatic N) is 1. The Morgan fingerprint density at radius 2 is 1.79 bits per heavy atom. The third kappa shape index (κ3) is 7.60. The highest BCUT2D eigenvalue weighted by molar-refractivity contribution is 5.21. The van der Waals surface area contributed by atoms with Crippen LogP contribution in [0.25, 0.3) is 0 Å². The maximum Gasteiger partial charge on any atom is 0.123 e. The number of benzene rings is 1. The second-order valence-electron chi connectivity index (χ2n) is 6.48. The van der Waals surface area contributed by atoms with Gasteiger partial charge in [-0.05, 0) is 75.4 Å². The molecule has 4 nitrogen and oxygen atoms in total. The largest absolute Gasteiger partial charge is 0.494 e. The molecule has 5 heteroatoms. The van der Waals surface area contributed by atoms with Crippen LogP contribution in [0.3, 0.4) is 0 Å². The molecular weight excluding hydrogens is 307 g/mol. The van der Waals surface area contributed by atoms with Crippen molar-refractivity contribution in [3.05, 3.63) is 30.1 Å². The molecule has 0 aromatic heterocycles. The molecule has 2 aliphatic rings. The van der Waals surface area contributed by atoms with Gasteiger partial charge in [0.05, 0.1) is 6.61 Å². The second kappa shape index (κ2) is 11.4. The third-order valence-corrected chi connectivity index (χ3v) is 4.59. The van der Waals surface area contributed by atoms with Crippen LogP contribution in [0.1, 0.15) is 32.1 Å². The molecule has 0 unspecified atom stereocenters. The minimum atomic E-state index is -0.223. The van der Waals surface area contributed by atoms with Crippen molar-refractivity contribution in [2.24, 2.45) is 11.7 Å². The highest BCUT2D eigenvalue weighted by Crippen LogP contribution is 2.21. The van der Waals surface area contributed by atoms with E-state index in [4.69, 9.17) is 15.2 Å². The number of piperidine rings is 1. The Labute approximate surface area is 145 Å². The highest BCUT2D eigenvalue weighted by atomic mass is 19.1. The average Bonchev–Trinajstić information content (AvgIpc) is 3.18. The molecule has 0 spiro atoms. The summed E-state index contributed by atoms with van der Waals surface area (Å²) < 4.78 is 23.3. The topological polar surface area (TPSA) is 47.7 Å².